The highest BCUT2D eigenvalue weighted by atomic mass is 35.5. The number of rotatable bonds is 3. The number of pyridine rings is 1. The van der Waals surface area contributed by atoms with Gasteiger partial charge in [0.1, 0.15) is 0 Å². The molecule has 0 atom stereocenters. The van der Waals surface area contributed by atoms with Crippen LogP contribution in [0.25, 0.3) is 11.1 Å². The van der Waals surface area contributed by atoms with Gasteiger partial charge in [-0.25, -0.2) is 0 Å². The summed E-state index contributed by atoms with van der Waals surface area (Å²) in [7, 11) is 0. The van der Waals surface area contributed by atoms with Crippen LogP contribution < -0.4 is 0 Å². The molecule has 1 aromatic carbocycles. The molecule has 1 heterocycles. The number of hydrogen-bond donors (Lipinski definition) is 1. The zero-order chi connectivity index (χ0) is 14.0. The molecule has 0 saturated heterocycles. The van der Waals surface area contributed by atoms with Crippen molar-refractivity contribution in [3.8, 4) is 11.1 Å². The summed E-state index contributed by atoms with van der Waals surface area (Å²) >= 11 is 18.1. The molecule has 0 unspecified atom stereocenters. The topological polar surface area (TPSA) is 50.2 Å². The Morgan fingerprint density at radius 2 is 1.79 bits per heavy atom. The van der Waals surface area contributed by atoms with E-state index < -0.39 is 5.97 Å². The van der Waals surface area contributed by atoms with E-state index in [4.69, 9.17) is 39.9 Å². The van der Waals surface area contributed by atoms with Crippen molar-refractivity contribution in [1.29, 1.82) is 0 Å². The molecule has 0 spiro atoms. The lowest BCUT2D eigenvalue weighted by molar-refractivity contribution is -0.136. The van der Waals surface area contributed by atoms with E-state index in [2.05, 4.69) is 4.98 Å². The fourth-order valence-corrected chi connectivity index (χ4v) is 2.74. The van der Waals surface area contributed by atoms with Gasteiger partial charge in [-0.05, 0) is 29.8 Å². The molecule has 98 valence electrons. The molecule has 0 radical (unpaired) electrons. The molecule has 0 amide bonds. The zero-order valence-corrected chi connectivity index (χ0v) is 11.8. The molecule has 0 aliphatic heterocycles. The number of benzene rings is 1. The Labute approximate surface area is 124 Å². The monoisotopic (exact) mass is 315 g/mol. The molecule has 0 saturated carbocycles. The Hall–Kier alpha value is -1.29. The molecular formula is C13H8Cl3NO2. The van der Waals surface area contributed by atoms with E-state index >= 15 is 0 Å². The van der Waals surface area contributed by atoms with Crippen LogP contribution in [0, 0.1) is 0 Å². The Bertz CT molecular complexity index is 621. The largest absolute Gasteiger partial charge is 0.481 e. The molecule has 0 aliphatic carbocycles. The summed E-state index contributed by atoms with van der Waals surface area (Å²) < 4.78 is 0. The fraction of sp³-hybridized carbons (Fsp3) is 0.0769. The zero-order valence-electron chi connectivity index (χ0n) is 9.53. The highest BCUT2D eigenvalue weighted by molar-refractivity contribution is 6.41. The number of aromatic nitrogens is 1. The molecule has 1 N–H and O–H groups in total. The lowest BCUT2D eigenvalue weighted by Gasteiger charge is -2.09. The highest BCUT2D eigenvalue weighted by Gasteiger charge is 2.12. The van der Waals surface area contributed by atoms with Crippen molar-refractivity contribution in [1.82, 2.24) is 4.98 Å². The van der Waals surface area contributed by atoms with Crippen molar-refractivity contribution in [2.45, 2.75) is 6.42 Å². The number of carboxylic acid groups (broad SMARTS) is 1. The van der Waals surface area contributed by atoms with E-state index in [1.54, 1.807) is 24.3 Å². The first-order valence-corrected chi connectivity index (χ1v) is 6.42. The SMILES string of the molecule is O=C(O)Cc1cc(-c2c(Cl)cc(Cl)cc2Cl)ccn1. The van der Waals surface area contributed by atoms with Crippen molar-refractivity contribution in [2.75, 3.05) is 0 Å². The van der Waals surface area contributed by atoms with Gasteiger partial charge in [0, 0.05) is 16.8 Å². The van der Waals surface area contributed by atoms with Crippen LogP contribution in [0.15, 0.2) is 30.5 Å². The van der Waals surface area contributed by atoms with Gasteiger partial charge in [-0.3, -0.25) is 9.78 Å². The fourth-order valence-electron chi connectivity index (χ4n) is 1.70. The first-order chi connectivity index (χ1) is 8.97. The minimum Gasteiger partial charge on any atom is -0.481 e. The normalized spacial score (nSPS) is 10.5. The van der Waals surface area contributed by atoms with Gasteiger partial charge in [0.2, 0.25) is 0 Å². The van der Waals surface area contributed by atoms with E-state index in [9.17, 15) is 4.79 Å². The minimum absolute atomic E-state index is 0.156. The second kappa shape index (κ2) is 5.78. The van der Waals surface area contributed by atoms with Crippen LogP contribution in [0.2, 0.25) is 15.1 Å². The van der Waals surface area contributed by atoms with Crippen LogP contribution in [-0.2, 0) is 11.2 Å². The smallest absolute Gasteiger partial charge is 0.309 e. The molecular weight excluding hydrogens is 309 g/mol. The summed E-state index contributed by atoms with van der Waals surface area (Å²) in [6, 6.07) is 6.53. The van der Waals surface area contributed by atoms with Gasteiger partial charge in [0.25, 0.3) is 0 Å². The first-order valence-electron chi connectivity index (χ1n) is 5.29. The van der Waals surface area contributed by atoms with Crippen LogP contribution in [-0.4, -0.2) is 16.1 Å². The van der Waals surface area contributed by atoms with Gasteiger partial charge in [0.15, 0.2) is 0 Å². The summed E-state index contributed by atoms with van der Waals surface area (Å²) in [5.41, 5.74) is 1.76. The predicted molar refractivity (Wildman–Crippen MR) is 76.0 cm³/mol. The summed E-state index contributed by atoms with van der Waals surface area (Å²) in [5, 5.41) is 10.0. The van der Waals surface area contributed by atoms with Crippen molar-refractivity contribution >= 4 is 40.8 Å². The molecule has 2 aromatic rings. The van der Waals surface area contributed by atoms with Gasteiger partial charge in [-0.15, -0.1) is 0 Å². The molecule has 3 nitrogen and oxygen atoms in total. The number of carbonyl (C=O) groups is 1. The van der Waals surface area contributed by atoms with Gasteiger partial charge in [-0.1, -0.05) is 34.8 Å². The van der Waals surface area contributed by atoms with Crippen LogP contribution >= 0.6 is 34.8 Å². The molecule has 2 rings (SSSR count). The van der Waals surface area contributed by atoms with Crippen LogP contribution in [0.5, 0.6) is 0 Å². The predicted octanol–water partition coefficient (Wildman–Crippen LogP) is 4.34. The highest BCUT2D eigenvalue weighted by Crippen LogP contribution is 2.37. The van der Waals surface area contributed by atoms with Gasteiger partial charge < -0.3 is 5.11 Å². The number of nitrogens with zero attached hydrogens (tertiary/aromatic N) is 1. The summed E-state index contributed by atoms with van der Waals surface area (Å²) in [4.78, 5) is 14.7. The summed E-state index contributed by atoms with van der Waals surface area (Å²) in [6.45, 7) is 0. The molecule has 6 heteroatoms. The van der Waals surface area contributed by atoms with Crippen LogP contribution in [0.4, 0.5) is 0 Å². The van der Waals surface area contributed by atoms with Gasteiger partial charge in [0.05, 0.1) is 22.2 Å². The van der Waals surface area contributed by atoms with Gasteiger partial charge in [-0.2, -0.15) is 0 Å². The third kappa shape index (κ3) is 3.38. The second-order valence-corrected chi connectivity index (χ2v) is 5.10. The van der Waals surface area contributed by atoms with Crippen molar-refractivity contribution < 1.29 is 9.90 Å². The van der Waals surface area contributed by atoms with Crippen molar-refractivity contribution in [2.24, 2.45) is 0 Å². The first kappa shape index (κ1) is 14.1. The Kier molecular flexibility index (Phi) is 4.30. The average molecular weight is 317 g/mol. The molecule has 0 fully saturated rings. The van der Waals surface area contributed by atoms with E-state index in [1.807, 2.05) is 0 Å². The molecule has 0 bridgehead atoms. The van der Waals surface area contributed by atoms with Crippen LogP contribution in [0.1, 0.15) is 5.69 Å². The minimum atomic E-state index is -0.946. The Morgan fingerprint density at radius 1 is 1.16 bits per heavy atom. The maximum Gasteiger partial charge on any atom is 0.309 e. The third-order valence-electron chi connectivity index (χ3n) is 2.44. The summed E-state index contributed by atoms with van der Waals surface area (Å²) in [6.07, 6.45) is 1.37. The molecule has 0 aliphatic rings. The van der Waals surface area contributed by atoms with E-state index in [0.29, 0.717) is 31.9 Å². The van der Waals surface area contributed by atoms with E-state index in [-0.39, 0.29) is 6.42 Å². The second-order valence-electron chi connectivity index (χ2n) is 3.85. The number of carboxylic acids is 1. The summed E-state index contributed by atoms with van der Waals surface area (Å²) in [5.74, 6) is -0.946. The van der Waals surface area contributed by atoms with Crippen molar-refractivity contribution in [3.05, 3.63) is 51.2 Å². The number of halogens is 3. The van der Waals surface area contributed by atoms with Crippen LogP contribution in [0.3, 0.4) is 0 Å². The maximum atomic E-state index is 10.7. The Balaban J connectivity index is 2.50. The van der Waals surface area contributed by atoms with Gasteiger partial charge >= 0.3 is 5.97 Å². The number of hydrogen-bond acceptors (Lipinski definition) is 2. The Morgan fingerprint density at radius 3 is 2.37 bits per heavy atom. The third-order valence-corrected chi connectivity index (χ3v) is 3.26. The average Bonchev–Trinajstić information content (AvgIpc) is 2.26. The van der Waals surface area contributed by atoms with E-state index in [0.717, 1.165) is 0 Å². The standard InChI is InChI=1S/C13H8Cl3NO2/c14-8-4-10(15)13(11(16)5-8)7-1-2-17-9(3-7)6-12(18)19/h1-5H,6H2,(H,18,19). The lowest BCUT2D eigenvalue weighted by Crippen LogP contribution is -2.02. The van der Waals surface area contributed by atoms with Crippen molar-refractivity contribution in [3.63, 3.8) is 0 Å². The quantitative estimate of drug-likeness (QED) is 0.916. The molecule has 1 aromatic heterocycles. The maximum absolute atomic E-state index is 10.7. The number of aliphatic carboxylic acids is 1. The van der Waals surface area contributed by atoms with E-state index in [1.165, 1.54) is 6.20 Å². The molecule has 19 heavy (non-hydrogen) atoms. The lowest BCUT2D eigenvalue weighted by atomic mass is 10.1.